The number of ether oxygens (including phenoxy) is 2. The van der Waals surface area contributed by atoms with Crippen molar-refractivity contribution < 1.29 is 14.6 Å². The van der Waals surface area contributed by atoms with Crippen LogP contribution in [0.5, 0.6) is 5.75 Å². The zero-order valence-corrected chi connectivity index (χ0v) is 17.4. The highest BCUT2D eigenvalue weighted by Crippen LogP contribution is 2.26. The second kappa shape index (κ2) is 9.98. The molecule has 1 atom stereocenters. The number of rotatable bonds is 8. The molecule has 0 spiro atoms. The maximum absolute atomic E-state index is 10.4. The number of β-amino-alcohol motifs (C(OH)–C–C–N with tert-alkyl or cyclic N) is 1. The highest BCUT2D eigenvalue weighted by molar-refractivity contribution is 5.88. The van der Waals surface area contributed by atoms with Crippen molar-refractivity contribution in [2.24, 2.45) is 0 Å². The summed E-state index contributed by atoms with van der Waals surface area (Å²) in [5.41, 5.74) is 2.12. The fraction of sp³-hybridized carbons (Fsp3) is 0.417. The Balaban J connectivity index is 1.33. The van der Waals surface area contributed by atoms with Crippen molar-refractivity contribution in [3.63, 3.8) is 0 Å². The van der Waals surface area contributed by atoms with Crippen LogP contribution in [-0.4, -0.2) is 65.3 Å². The molecule has 1 aliphatic rings. The minimum absolute atomic E-state index is 0.283. The van der Waals surface area contributed by atoms with E-state index in [0.717, 1.165) is 60.2 Å². The number of piperidine rings is 1. The smallest absolute Gasteiger partial charge is 0.120 e. The third kappa shape index (κ3) is 5.33. The first-order valence-corrected chi connectivity index (χ1v) is 10.7. The average molecular weight is 408 g/mol. The van der Waals surface area contributed by atoms with Gasteiger partial charge in [0.1, 0.15) is 18.5 Å². The van der Waals surface area contributed by atoms with E-state index in [2.05, 4.69) is 33.3 Å². The molecular formula is C24H29N3O3. The predicted molar refractivity (Wildman–Crippen MR) is 118 cm³/mol. The molecule has 2 heterocycles. The van der Waals surface area contributed by atoms with Gasteiger partial charge < -0.3 is 19.5 Å². The minimum atomic E-state index is -0.515. The number of fused-ring (bicyclic) bond motifs is 1. The van der Waals surface area contributed by atoms with Gasteiger partial charge in [-0.05, 0) is 60.4 Å². The van der Waals surface area contributed by atoms with Crippen LogP contribution in [0.1, 0.15) is 19.8 Å². The van der Waals surface area contributed by atoms with E-state index >= 15 is 0 Å². The first-order chi connectivity index (χ1) is 14.7. The molecule has 0 bridgehead atoms. The van der Waals surface area contributed by atoms with Crippen molar-refractivity contribution in [1.29, 1.82) is 0 Å². The van der Waals surface area contributed by atoms with Crippen molar-refractivity contribution in [3.05, 3.63) is 54.9 Å². The number of hydrogen-bond acceptors (Lipinski definition) is 6. The Hall–Kier alpha value is -2.54. The van der Waals surface area contributed by atoms with Crippen LogP contribution in [-0.2, 0) is 4.74 Å². The van der Waals surface area contributed by atoms with Gasteiger partial charge in [-0.3, -0.25) is 0 Å². The Morgan fingerprint density at radius 1 is 1.03 bits per heavy atom. The largest absolute Gasteiger partial charge is 0.491 e. The summed E-state index contributed by atoms with van der Waals surface area (Å²) in [6.45, 7) is 5.65. The van der Waals surface area contributed by atoms with Gasteiger partial charge in [0.15, 0.2) is 0 Å². The second-order valence-electron chi connectivity index (χ2n) is 7.77. The van der Waals surface area contributed by atoms with Gasteiger partial charge in [-0.15, -0.1) is 0 Å². The Bertz CT molecular complexity index is 943. The molecule has 3 aromatic rings. The topological polar surface area (TPSA) is 67.7 Å². The summed E-state index contributed by atoms with van der Waals surface area (Å²) < 4.78 is 11.6. The lowest BCUT2D eigenvalue weighted by Gasteiger charge is -2.32. The number of nitrogens with zero attached hydrogens (tertiary/aromatic N) is 3. The Morgan fingerprint density at radius 2 is 1.87 bits per heavy atom. The van der Waals surface area contributed by atoms with Crippen LogP contribution in [0, 0.1) is 0 Å². The summed E-state index contributed by atoms with van der Waals surface area (Å²) in [4.78, 5) is 2.29. The molecule has 30 heavy (non-hydrogen) atoms. The number of benzene rings is 2. The third-order valence-corrected chi connectivity index (χ3v) is 5.58. The molecule has 6 heteroatoms. The molecule has 1 saturated heterocycles. The molecule has 1 N–H and O–H groups in total. The lowest BCUT2D eigenvalue weighted by molar-refractivity contribution is -0.00184. The molecule has 4 rings (SSSR count). The molecule has 1 unspecified atom stereocenters. The van der Waals surface area contributed by atoms with Gasteiger partial charge in [-0.25, -0.2) is 0 Å². The van der Waals surface area contributed by atoms with Gasteiger partial charge >= 0.3 is 0 Å². The van der Waals surface area contributed by atoms with Gasteiger partial charge in [0.25, 0.3) is 0 Å². The first kappa shape index (κ1) is 20.7. The molecular weight excluding hydrogens is 378 g/mol. The van der Waals surface area contributed by atoms with Gasteiger partial charge in [0.05, 0.1) is 18.5 Å². The van der Waals surface area contributed by atoms with Crippen LogP contribution in [0.2, 0.25) is 0 Å². The molecule has 0 amide bonds. The van der Waals surface area contributed by atoms with E-state index in [1.807, 2.05) is 31.2 Å². The van der Waals surface area contributed by atoms with Crippen LogP contribution in [0.4, 0.5) is 0 Å². The van der Waals surface area contributed by atoms with Crippen molar-refractivity contribution in [2.75, 3.05) is 32.8 Å². The summed E-state index contributed by atoms with van der Waals surface area (Å²) >= 11 is 0. The molecule has 158 valence electrons. The summed E-state index contributed by atoms with van der Waals surface area (Å²) in [6, 6.07) is 14.3. The Morgan fingerprint density at radius 3 is 2.63 bits per heavy atom. The van der Waals surface area contributed by atoms with E-state index in [4.69, 9.17) is 9.47 Å². The summed E-state index contributed by atoms with van der Waals surface area (Å²) in [5.74, 6) is 0.765. The monoisotopic (exact) mass is 407 g/mol. The SMILES string of the molecule is CCOC1CCN(CC(O)COc2ccc3ccc(-c4ccnnc4)cc3c2)CC1. The van der Waals surface area contributed by atoms with Crippen LogP contribution in [0.15, 0.2) is 54.9 Å². The van der Waals surface area contributed by atoms with Crippen molar-refractivity contribution in [3.8, 4) is 16.9 Å². The van der Waals surface area contributed by atoms with Crippen LogP contribution in [0.25, 0.3) is 21.9 Å². The molecule has 0 saturated carbocycles. The van der Waals surface area contributed by atoms with Crippen molar-refractivity contribution in [1.82, 2.24) is 15.1 Å². The van der Waals surface area contributed by atoms with Crippen LogP contribution >= 0.6 is 0 Å². The highest BCUT2D eigenvalue weighted by Gasteiger charge is 2.21. The lowest BCUT2D eigenvalue weighted by Crippen LogP contribution is -2.42. The fourth-order valence-electron chi connectivity index (χ4n) is 3.99. The minimum Gasteiger partial charge on any atom is -0.491 e. The van der Waals surface area contributed by atoms with Gasteiger partial charge in [0, 0.05) is 31.8 Å². The number of aromatic nitrogens is 2. The molecule has 0 radical (unpaired) electrons. The van der Waals surface area contributed by atoms with Crippen LogP contribution in [0.3, 0.4) is 0 Å². The number of aliphatic hydroxyl groups is 1. The summed E-state index contributed by atoms with van der Waals surface area (Å²) in [7, 11) is 0. The lowest BCUT2D eigenvalue weighted by atomic mass is 10.0. The highest BCUT2D eigenvalue weighted by atomic mass is 16.5. The molecule has 6 nitrogen and oxygen atoms in total. The molecule has 2 aromatic carbocycles. The average Bonchev–Trinajstić information content (AvgIpc) is 2.79. The van der Waals surface area contributed by atoms with E-state index in [1.54, 1.807) is 12.4 Å². The first-order valence-electron chi connectivity index (χ1n) is 10.7. The molecule has 0 aliphatic carbocycles. The van der Waals surface area contributed by atoms with Gasteiger partial charge in [-0.2, -0.15) is 10.2 Å². The molecule has 1 aromatic heterocycles. The van der Waals surface area contributed by atoms with Crippen LogP contribution < -0.4 is 4.74 Å². The summed E-state index contributed by atoms with van der Waals surface area (Å²) in [6.07, 6.45) is 5.36. The molecule has 1 fully saturated rings. The standard InChI is InChI=1S/C24H29N3O3/c1-2-29-23-8-11-27(12-9-23)16-22(28)17-30-24-6-5-18-3-4-19(13-21(18)14-24)20-7-10-25-26-15-20/h3-7,10,13-15,22-23,28H,2,8-9,11-12,16-17H2,1H3. The number of likely N-dealkylation sites (tertiary alicyclic amines) is 1. The number of aliphatic hydroxyl groups excluding tert-OH is 1. The molecule has 1 aliphatic heterocycles. The summed E-state index contributed by atoms with van der Waals surface area (Å²) in [5, 5.41) is 20.5. The Labute approximate surface area is 177 Å². The maximum atomic E-state index is 10.4. The van der Waals surface area contributed by atoms with E-state index < -0.39 is 6.10 Å². The predicted octanol–water partition coefficient (Wildman–Crippen LogP) is 3.54. The quantitative estimate of drug-likeness (QED) is 0.616. The van der Waals surface area contributed by atoms with E-state index in [9.17, 15) is 5.11 Å². The maximum Gasteiger partial charge on any atom is 0.120 e. The van der Waals surface area contributed by atoms with Gasteiger partial charge in [0.2, 0.25) is 0 Å². The zero-order chi connectivity index (χ0) is 20.8. The van der Waals surface area contributed by atoms with E-state index in [0.29, 0.717) is 12.6 Å². The van der Waals surface area contributed by atoms with Crippen molar-refractivity contribution in [2.45, 2.75) is 32.0 Å². The third-order valence-electron chi connectivity index (χ3n) is 5.58. The zero-order valence-electron chi connectivity index (χ0n) is 17.4. The van der Waals surface area contributed by atoms with E-state index in [-0.39, 0.29) is 6.61 Å². The van der Waals surface area contributed by atoms with Gasteiger partial charge in [-0.1, -0.05) is 18.2 Å². The number of hydrogen-bond donors (Lipinski definition) is 1. The van der Waals surface area contributed by atoms with E-state index in [1.165, 1.54) is 0 Å². The second-order valence-corrected chi connectivity index (χ2v) is 7.77. The van der Waals surface area contributed by atoms with Crippen molar-refractivity contribution >= 4 is 10.8 Å². The normalized spacial score (nSPS) is 16.6. The Kier molecular flexibility index (Phi) is 6.89. The fourth-order valence-corrected chi connectivity index (χ4v) is 3.99.